The van der Waals surface area contributed by atoms with Crippen LogP contribution in [0.25, 0.3) is 0 Å². The van der Waals surface area contributed by atoms with Crippen molar-refractivity contribution in [3.63, 3.8) is 0 Å². The summed E-state index contributed by atoms with van der Waals surface area (Å²) in [4.78, 5) is 40.6. The number of carbonyl (C=O) groups excluding carboxylic acids is 3. The highest BCUT2D eigenvalue weighted by molar-refractivity contribution is 6.01. The summed E-state index contributed by atoms with van der Waals surface area (Å²) in [6.07, 6.45) is 1.35. The fourth-order valence-corrected chi connectivity index (χ4v) is 3.35. The Hall–Kier alpha value is -3.35. The first-order chi connectivity index (χ1) is 14.0. The third-order valence-corrected chi connectivity index (χ3v) is 4.86. The first-order valence-corrected chi connectivity index (χ1v) is 9.66. The van der Waals surface area contributed by atoms with E-state index in [1.165, 1.54) is 12.0 Å². The number of likely N-dealkylation sites (N-methyl/N-ethyl adjacent to an activating group) is 1. The molecule has 0 aromatic heterocycles. The first kappa shape index (κ1) is 20.4. The van der Waals surface area contributed by atoms with Crippen LogP contribution in [0.5, 0.6) is 5.75 Å². The molecule has 0 radical (unpaired) electrons. The Morgan fingerprint density at radius 1 is 1.17 bits per heavy atom. The standard InChI is InChI=1S/C22H25N3O4/c1-3-24(15-20(26)23-18-10-4-5-11-19(18)29-2)22(28)16-8-6-9-17(14-16)25-13-7-12-21(25)27/h4-6,8-11,14H,3,7,12-13,15H2,1-2H3,(H,23,26). The number of rotatable bonds is 7. The number of anilines is 2. The number of para-hydroxylation sites is 2. The number of hydrogen-bond acceptors (Lipinski definition) is 4. The molecular formula is C22H25N3O4. The maximum atomic E-state index is 13.0. The molecule has 7 heteroatoms. The van der Waals surface area contributed by atoms with Gasteiger partial charge in [-0.25, -0.2) is 0 Å². The van der Waals surface area contributed by atoms with Gasteiger partial charge in [-0.1, -0.05) is 18.2 Å². The molecule has 0 atom stereocenters. The monoisotopic (exact) mass is 395 g/mol. The maximum Gasteiger partial charge on any atom is 0.254 e. The van der Waals surface area contributed by atoms with Crippen molar-refractivity contribution in [3.8, 4) is 5.75 Å². The lowest BCUT2D eigenvalue weighted by atomic mass is 10.1. The highest BCUT2D eigenvalue weighted by Gasteiger charge is 2.23. The third-order valence-electron chi connectivity index (χ3n) is 4.86. The zero-order valence-corrected chi connectivity index (χ0v) is 16.7. The molecule has 2 aromatic carbocycles. The minimum absolute atomic E-state index is 0.0677. The van der Waals surface area contributed by atoms with E-state index < -0.39 is 0 Å². The van der Waals surface area contributed by atoms with Gasteiger partial charge in [0.15, 0.2) is 0 Å². The van der Waals surface area contributed by atoms with Crippen molar-refractivity contribution in [1.82, 2.24) is 4.90 Å². The lowest BCUT2D eigenvalue weighted by molar-refractivity contribution is -0.117. The Morgan fingerprint density at radius 3 is 2.66 bits per heavy atom. The van der Waals surface area contributed by atoms with E-state index in [9.17, 15) is 14.4 Å². The zero-order valence-electron chi connectivity index (χ0n) is 16.7. The molecule has 1 aliphatic heterocycles. The Bertz CT molecular complexity index is 912. The second kappa shape index (κ2) is 9.23. The molecule has 2 aromatic rings. The van der Waals surface area contributed by atoms with Gasteiger partial charge in [-0.05, 0) is 43.7 Å². The lowest BCUT2D eigenvalue weighted by Gasteiger charge is -2.22. The van der Waals surface area contributed by atoms with Crippen LogP contribution in [-0.2, 0) is 9.59 Å². The normalized spacial score (nSPS) is 13.3. The molecule has 29 heavy (non-hydrogen) atoms. The quantitative estimate of drug-likeness (QED) is 0.782. The fraction of sp³-hybridized carbons (Fsp3) is 0.318. The summed E-state index contributed by atoms with van der Waals surface area (Å²) >= 11 is 0. The van der Waals surface area contributed by atoms with E-state index in [-0.39, 0.29) is 24.3 Å². The van der Waals surface area contributed by atoms with Crippen LogP contribution >= 0.6 is 0 Å². The van der Waals surface area contributed by atoms with Gasteiger partial charge in [0.05, 0.1) is 12.8 Å². The molecule has 0 aliphatic carbocycles. The Kier molecular flexibility index (Phi) is 6.49. The van der Waals surface area contributed by atoms with Crippen molar-refractivity contribution >= 4 is 29.1 Å². The fourth-order valence-electron chi connectivity index (χ4n) is 3.35. The van der Waals surface area contributed by atoms with E-state index >= 15 is 0 Å². The summed E-state index contributed by atoms with van der Waals surface area (Å²) in [6.45, 7) is 2.78. The molecule has 3 rings (SSSR count). The number of carbonyl (C=O) groups is 3. The van der Waals surface area contributed by atoms with Gasteiger partial charge in [-0.3, -0.25) is 14.4 Å². The van der Waals surface area contributed by atoms with Crippen molar-refractivity contribution in [3.05, 3.63) is 54.1 Å². The summed E-state index contributed by atoms with van der Waals surface area (Å²) in [6, 6.07) is 14.1. The summed E-state index contributed by atoms with van der Waals surface area (Å²) in [5.74, 6) is 0.0584. The van der Waals surface area contributed by atoms with Crippen molar-refractivity contribution in [2.24, 2.45) is 0 Å². The summed E-state index contributed by atoms with van der Waals surface area (Å²) in [5.41, 5.74) is 1.72. The average molecular weight is 395 g/mol. The van der Waals surface area contributed by atoms with Crippen LogP contribution in [0.15, 0.2) is 48.5 Å². The lowest BCUT2D eigenvalue weighted by Crippen LogP contribution is -2.38. The van der Waals surface area contributed by atoms with Crippen molar-refractivity contribution < 1.29 is 19.1 Å². The van der Waals surface area contributed by atoms with Crippen LogP contribution in [0.2, 0.25) is 0 Å². The van der Waals surface area contributed by atoms with Crippen molar-refractivity contribution in [1.29, 1.82) is 0 Å². The topological polar surface area (TPSA) is 79.0 Å². The van der Waals surface area contributed by atoms with Crippen LogP contribution in [0.4, 0.5) is 11.4 Å². The number of nitrogens with zero attached hydrogens (tertiary/aromatic N) is 2. The average Bonchev–Trinajstić information content (AvgIpc) is 3.18. The van der Waals surface area contributed by atoms with E-state index in [1.54, 1.807) is 41.3 Å². The van der Waals surface area contributed by atoms with Crippen LogP contribution < -0.4 is 15.0 Å². The summed E-state index contributed by atoms with van der Waals surface area (Å²) < 4.78 is 5.24. The van der Waals surface area contributed by atoms with E-state index in [4.69, 9.17) is 4.74 Å². The van der Waals surface area contributed by atoms with Gasteiger partial charge < -0.3 is 19.9 Å². The van der Waals surface area contributed by atoms with E-state index in [2.05, 4.69) is 5.32 Å². The van der Waals surface area contributed by atoms with Gasteiger partial charge in [-0.15, -0.1) is 0 Å². The number of amides is 3. The minimum Gasteiger partial charge on any atom is -0.495 e. The van der Waals surface area contributed by atoms with Gasteiger partial charge in [0.1, 0.15) is 12.3 Å². The largest absolute Gasteiger partial charge is 0.495 e. The minimum atomic E-state index is -0.310. The number of hydrogen-bond donors (Lipinski definition) is 1. The van der Waals surface area contributed by atoms with Gasteiger partial charge in [0, 0.05) is 30.8 Å². The van der Waals surface area contributed by atoms with Gasteiger partial charge in [0.2, 0.25) is 11.8 Å². The molecule has 1 aliphatic rings. The molecule has 1 saturated heterocycles. The molecule has 0 spiro atoms. The van der Waals surface area contributed by atoms with Crippen LogP contribution in [0.3, 0.4) is 0 Å². The predicted octanol–water partition coefficient (Wildman–Crippen LogP) is 2.92. The van der Waals surface area contributed by atoms with Crippen LogP contribution in [0, 0.1) is 0 Å². The molecule has 7 nitrogen and oxygen atoms in total. The van der Waals surface area contributed by atoms with E-state index in [1.807, 2.05) is 19.1 Å². The second-order valence-corrected chi connectivity index (χ2v) is 6.77. The maximum absolute atomic E-state index is 13.0. The van der Waals surface area contributed by atoms with Crippen molar-refractivity contribution in [2.45, 2.75) is 19.8 Å². The molecule has 1 heterocycles. The van der Waals surface area contributed by atoms with Gasteiger partial charge in [-0.2, -0.15) is 0 Å². The molecule has 1 N–H and O–H groups in total. The second-order valence-electron chi connectivity index (χ2n) is 6.77. The smallest absolute Gasteiger partial charge is 0.254 e. The number of methoxy groups -OCH3 is 1. The van der Waals surface area contributed by atoms with E-state index in [0.29, 0.717) is 42.2 Å². The molecule has 0 bridgehead atoms. The molecule has 152 valence electrons. The van der Waals surface area contributed by atoms with Crippen LogP contribution in [-0.4, -0.2) is 49.4 Å². The number of nitrogens with one attached hydrogen (secondary N) is 1. The summed E-state index contributed by atoms with van der Waals surface area (Å²) in [7, 11) is 1.53. The molecule has 0 saturated carbocycles. The first-order valence-electron chi connectivity index (χ1n) is 9.66. The SMILES string of the molecule is CCN(CC(=O)Nc1ccccc1OC)C(=O)c1cccc(N2CCCC2=O)c1. The Balaban J connectivity index is 1.70. The highest BCUT2D eigenvalue weighted by atomic mass is 16.5. The summed E-state index contributed by atoms with van der Waals surface area (Å²) in [5, 5.41) is 2.78. The van der Waals surface area contributed by atoms with Gasteiger partial charge in [0.25, 0.3) is 5.91 Å². The number of ether oxygens (including phenoxy) is 1. The molecular weight excluding hydrogens is 370 g/mol. The highest BCUT2D eigenvalue weighted by Crippen LogP contribution is 2.24. The predicted molar refractivity (Wildman–Crippen MR) is 111 cm³/mol. The van der Waals surface area contributed by atoms with Crippen LogP contribution in [0.1, 0.15) is 30.1 Å². The number of benzene rings is 2. The van der Waals surface area contributed by atoms with Gasteiger partial charge >= 0.3 is 0 Å². The Morgan fingerprint density at radius 2 is 1.97 bits per heavy atom. The third kappa shape index (κ3) is 4.74. The van der Waals surface area contributed by atoms with Crippen molar-refractivity contribution in [2.75, 3.05) is 37.0 Å². The molecule has 1 fully saturated rings. The molecule has 0 unspecified atom stereocenters. The molecule has 3 amide bonds. The van der Waals surface area contributed by atoms with E-state index in [0.717, 1.165) is 6.42 Å². The Labute approximate surface area is 170 Å². The zero-order chi connectivity index (χ0) is 20.8.